The predicted octanol–water partition coefficient (Wildman–Crippen LogP) is 2.54. The van der Waals surface area contributed by atoms with Crippen LogP contribution in [0.3, 0.4) is 0 Å². The van der Waals surface area contributed by atoms with Gasteiger partial charge in [0.15, 0.2) is 6.61 Å². The Kier molecular flexibility index (Phi) is 4.50. The van der Waals surface area contributed by atoms with Gasteiger partial charge in [-0.15, -0.1) is 0 Å². The van der Waals surface area contributed by atoms with Crippen LogP contribution < -0.4 is 10.1 Å². The molecule has 2 aromatic carbocycles. The normalized spacial score (nSPS) is 9.95. The minimum atomic E-state index is -1.07. The molecule has 2 N–H and O–H groups in total. The number of carboxylic acids is 1. The summed E-state index contributed by atoms with van der Waals surface area (Å²) in [5, 5.41) is 11.1. The lowest BCUT2D eigenvalue weighted by Crippen LogP contribution is -2.12. The minimum absolute atomic E-state index is 0.336. The van der Waals surface area contributed by atoms with Crippen molar-refractivity contribution in [3.63, 3.8) is 0 Å². The van der Waals surface area contributed by atoms with Gasteiger partial charge in [-0.05, 0) is 48.5 Å². The molecule has 0 saturated carbocycles. The Hall–Kier alpha value is -2.89. The van der Waals surface area contributed by atoms with Gasteiger partial charge >= 0.3 is 5.97 Å². The minimum Gasteiger partial charge on any atom is -0.482 e. The van der Waals surface area contributed by atoms with Crippen molar-refractivity contribution in [2.45, 2.75) is 0 Å². The number of aliphatic carboxylic acids is 1. The SMILES string of the molecule is O=C(O)COc1ccc(NC(=O)c2ccc(F)cc2)cc1. The van der Waals surface area contributed by atoms with Crippen molar-refractivity contribution < 1.29 is 23.8 Å². The van der Waals surface area contributed by atoms with E-state index in [1.807, 2.05) is 0 Å². The number of anilines is 1. The average Bonchev–Trinajstić information content (AvgIpc) is 2.47. The van der Waals surface area contributed by atoms with E-state index in [-0.39, 0.29) is 5.91 Å². The fraction of sp³-hybridized carbons (Fsp3) is 0.0667. The van der Waals surface area contributed by atoms with Gasteiger partial charge in [0, 0.05) is 11.3 Å². The van der Waals surface area contributed by atoms with Crippen molar-refractivity contribution in [3.05, 3.63) is 59.9 Å². The quantitative estimate of drug-likeness (QED) is 0.887. The summed E-state index contributed by atoms with van der Waals surface area (Å²) in [6, 6.07) is 11.4. The monoisotopic (exact) mass is 289 g/mol. The molecule has 0 heterocycles. The maximum Gasteiger partial charge on any atom is 0.341 e. The van der Waals surface area contributed by atoms with E-state index in [4.69, 9.17) is 9.84 Å². The summed E-state index contributed by atoms with van der Waals surface area (Å²) in [7, 11) is 0. The second-order valence-electron chi connectivity index (χ2n) is 4.17. The lowest BCUT2D eigenvalue weighted by Gasteiger charge is -2.07. The summed E-state index contributed by atoms with van der Waals surface area (Å²) < 4.78 is 17.7. The lowest BCUT2D eigenvalue weighted by molar-refractivity contribution is -0.139. The predicted molar refractivity (Wildman–Crippen MR) is 73.9 cm³/mol. The van der Waals surface area contributed by atoms with Crippen LogP contribution >= 0.6 is 0 Å². The number of hydrogen-bond acceptors (Lipinski definition) is 3. The lowest BCUT2D eigenvalue weighted by atomic mass is 10.2. The second-order valence-corrected chi connectivity index (χ2v) is 4.17. The maximum absolute atomic E-state index is 12.8. The molecule has 0 aliphatic carbocycles. The average molecular weight is 289 g/mol. The van der Waals surface area contributed by atoms with Gasteiger partial charge in [0.2, 0.25) is 0 Å². The van der Waals surface area contributed by atoms with Gasteiger partial charge in [-0.1, -0.05) is 0 Å². The first-order valence-corrected chi connectivity index (χ1v) is 6.06. The number of amides is 1. The summed E-state index contributed by atoms with van der Waals surface area (Å²) in [5.74, 6) is -1.46. The number of ether oxygens (including phenoxy) is 1. The topological polar surface area (TPSA) is 75.6 Å². The highest BCUT2D eigenvalue weighted by atomic mass is 19.1. The molecule has 0 fully saturated rings. The van der Waals surface area contributed by atoms with Gasteiger partial charge in [-0.2, -0.15) is 0 Å². The number of carboxylic acid groups (broad SMARTS) is 1. The Labute approximate surface area is 120 Å². The van der Waals surface area contributed by atoms with Crippen LogP contribution in [-0.4, -0.2) is 23.6 Å². The zero-order chi connectivity index (χ0) is 15.2. The van der Waals surface area contributed by atoms with Crippen molar-refractivity contribution in [3.8, 4) is 5.75 Å². The molecule has 0 aliphatic heterocycles. The van der Waals surface area contributed by atoms with Crippen LogP contribution in [0.15, 0.2) is 48.5 Å². The molecule has 0 aliphatic rings. The summed E-state index contributed by atoms with van der Waals surface area (Å²) in [4.78, 5) is 22.2. The molecule has 0 unspecified atom stereocenters. The van der Waals surface area contributed by atoms with Gasteiger partial charge in [0.05, 0.1) is 0 Å². The number of carbonyl (C=O) groups excluding carboxylic acids is 1. The van der Waals surface area contributed by atoms with Crippen LogP contribution in [-0.2, 0) is 4.79 Å². The summed E-state index contributed by atoms with van der Waals surface area (Å²) in [6.07, 6.45) is 0. The standard InChI is InChI=1S/C15H12FNO4/c16-11-3-1-10(2-4-11)15(20)17-12-5-7-13(8-6-12)21-9-14(18)19/h1-8H,9H2,(H,17,20)(H,18,19). The van der Waals surface area contributed by atoms with Crippen LogP contribution in [0.2, 0.25) is 0 Å². The molecule has 0 bridgehead atoms. The van der Waals surface area contributed by atoms with Gasteiger partial charge < -0.3 is 15.2 Å². The molecule has 6 heteroatoms. The molecule has 21 heavy (non-hydrogen) atoms. The molecular formula is C15H12FNO4. The maximum atomic E-state index is 12.8. The largest absolute Gasteiger partial charge is 0.482 e. The van der Waals surface area contributed by atoms with Gasteiger partial charge in [-0.25, -0.2) is 9.18 Å². The van der Waals surface area contributed by atoms with Crippen LogP contribution in [0.5, 0.6) is 5.75 Å². The van der Waals surface area contributed by atoms with Gasteiger partial charge in [0.1, 0.15) is 11.6 Å². The van der Waals surface area contributed by atoms with E-state index in [1.54, 1.807) is 24.3 Å². The molecule has 0 atom stereocenters. The zero-order valence-corrected chi connectivity index (χ0v) is 10.9. The molecule has 2 aromatic rings. The van der Waals surface area contributed by atoms with Crippen LogP contribution in [0.25, 0.3) is 0 Å². The van der Waals surface area contributed by atoms with E-state index in [0.717, 1.165) is 0 Å². The number of hydrogen-bond donors (Lipinski definition) is 2. The number of nitrogens with one attached hydrogen (secondary N) is 1. The van der Waals surface area contributed by atoms with E-state index in [2.05, 4.69) is 5.32 Å². The Morgan fingerprint density at radius 3 is 2.24 bits per heavy atom. The third-order valence-electron chi connectivity index (χ3n) is 2.58. The van der Waals surface area contributed by atoms with Gasteiger partial charge in [-0.3, -0.25) is 4.79 Å². The first-order chi connectivity index (χ1) is 10.0. The summed E-state index contributed by atoms with van der Waals surface area (Å²) >= 11 is 0. The molecule has 0 saturated heterocycles. The van der Waals surface area contributed by atoms with E-state index < -0.39 is 18.4 Å². The van der Waals surface area contributed by atoms with E-state index in [1.165, 1.54) is 24.3 Å². The molecule has 5 nitrogen and oxygen atoms in total. The summed E-state index contributed by atoms with van der Waals surface area (Å²) in [5.41, 5.74) is 0.856. The zero-order valence-electron chi connectivity index (χ0n) is 10.9. The Bertz CT molecular complexity index is 638. The first kappa shape index (κ1) is 14.5. The smallest absolute Gasteiger partial charge is 0.341 e. The fourth-order valence-electron chi connectivity index (χ4n) is 1.58. The summed E-state index contributed by atoms with van der Waals surface area (Å²) in [6.45, 7) is -0.429. The van der Waals surface area contributed by atoms with Crippen molar-refractivity contribution >= 4 is 17.6 Å². The molecule has 0 spiro atoms. The number of benzene rings is 2. The van der Waals surface area contributed by atoms with E-state index >= 15 is 0 Å². The number of halogens is 1. The highest BCUT2D eigenvalue weighted by molar-refractivity contribution is 6.04. The van der Waals surface area contributed by atoms with Crippen molar-refractivity contribution in [2.75, 3.05) is 11.9 Å². The highest BCUT2D eigenvalue weighted by Crippen LogP contribution is 2.16. The Balaban J connectivity index is 1.98. The first-order valence-electron chi connectivity index (χ1n) is 6.06. The van der Waals surface area contributed by atoms with Crippen LogP contribution in [0, 0.1) is 5.82 Å². The molecule has 0 aromatic heterocycles. The van der Waals surface area contributed by atoms with Crippen molar-refractivity contribution in [2.24, 2.45) is 0 Å². The molecular weight excluding hydrogens is 277 g/mol. The number of rotatable bonds is 5. The molecule has 2 rings (SSSR count). The molecule has 108 valence electrons. The fourth-order valence-corrected chi connectivity index (χ4v) is 1.58. The van der Waals surface area contributed by atoms with Crippen LogP contribution in [0.4, 0.5) is 10.1 Å². The molecule has 1 amide bonds. The van der Waals surface area contributed by atoms with Crippen LogP contribution in [0.1, 0.15) is 10.4 Å². The van der Waals surface area contributed by atoms with Crippen molar-refractivity contribution in [1.29, 1.82) is 0 Å². The third kappa shape index (κ3) is 4.31. The van der Waals surface area contributed by atoms with Crippen molar-refractivity contribution in [1.82, 2.24) is 0 Å². The molecule has 0 radical (unpaired) electrons. The van der Waals surface area contributed by atoms with Gasteiger partial charge in [0.25, 0.3) is 5.91 Å². The third-order valence-corrected chi connectivity index (χ3v) is 2.58. The Morgan fingerprint density at radius 1 is 1.05 bits per heavy atom. The highest BCUT2D eigenvalue weighted by Gasteiger charge is 2.06. The van der Waals surface area contributed by atoms with E-state index in [9.17, 15) is 14.0 Å². The Morgan fingerprint density at radius 2 is 1.67 bits per heavy atom. The van der Waals surface area contributed by atoms with E-state index in [0.29, 0.717) is 17.0 Å². The number of carbonyl (C=O) groups is 2. The second kappa shape index (κ2) is 6.51.